The first-order valence-corrected chi connectivity index (χ1v) is 6.21. The van der Waals surface area contributed by atoms with Crippen molar-refractivity contribution in [3.05, 3.63) is 29.8 Å². The van der Waals surface area contributed by atoms with Gasteiger partial charge in [-0.3, -0.25) is 4.79 Å². The summed E-state index contributed by atoms with van der Waals surface area (Å²) in [4.78, 5) is 14.8. The lowest BCUT2D eigenvalue weighted by atomic mass is 10.1. The molecule has 0 amide bonds. The molecule has 0 aliphatic carbocycles. The van der Waals surface area contributed by atoms with E-state index in [0.29, 0.717) is 23.1 Å². The van der Waals surface area contributed by atoms with E-state index in [9.17, 15) is 4.79 Å². The van der Waals surface area contributed by atoms with Crippen LogP contribution in [-0.2, 0) is 11.2 Å². The molecule has 3 rings (SSSR count). The summed E-state index contributed by atoms with van der Waals surface area (Å²) < 4.78 is 16.2. The number of oxazole rings is 1. The van der Waals surface area contributed by atoms with Gasteiger partial charge in [0.2, 0.25) is 6.79 Å². The molecular weight excluding hydrogens is 262 g/mol. The molecular formula is C14H13NO5. The number of aliphatic carboxylic acids is 1. The number of aromatic nitrogens is 1. The molecule has 1 aromatic heterocycles. The number of nitrogens with zero attached hydrogens (tertiary/aromatic N) is 1. The van der Waals surface area contributed by atoms with Gasteiger partial charge in [0.25, 0.3) is 0 Å². The van der Waals surface area contributed by atoms with Gasteiger partial charge in [-0.15, -0.1) is 0 Å². The summed E-state index contributed by atoms with van der Waals surface area (Å²) in [5.74, 6) is 1.56. The highest BCUT2D eigenvalue weighted by Crippen LogP contribution is 2.37. The van der Waals surface area contributed by atoms with E-state index in [0.717, 1.165) is 11.3 Å². The van der Waals surface area contributed by atoms with Crippen molar-refractivity contribution in [1.29, 1.82) is 0 Å². The third kappa shape index (κ3) is 2.32. The zero-order valence-corrected chi connectivity index (χ0v) is 10.9. The molecule has 0 atom stereocenters. The minimum absolute atomic E-state index is 0.000528. The lowest BCUT2D eigenvalue weighted by molar-refractivity contribution is -0.137. The number of fused-ring (bicyclic) bond motifs is 1. The topological polar surface area (TPSA) is 81.8 Å². The maximum absolute atomic E-state index is 10.6. The average Bonchev–Trinajstić information content (AvgIpc) is 3.01. The van der Waals surface area contributed by atoms with Crippen LogP contribution in [0.15, 0.2) is 22.6 Å². The van der Waals surface area contributed by atoms with Crippen LogP contribution < -0.4 is 9.47 Å². The fourth-order valence-corrected chi connectivity index (χ4v) is 2.08. The van der Waals surface area contributed by atoms with E-state index in [1.54, 1.807) is 0 Å². The van der Waals surface area contributed by atoms with Crippen molar-refractivity contribution in [2.24, 2.45) is 0 Å². The van der Waals surface area contributed by atoms with Gasteiger partial charge in [-0.1, -0.05) is 0 Å². The zero-order chi connectivity index (χ0) is 14.1. The van der Waals surface area contributed by atoms with Crippen molar-refractivity contribution < 1.29 is 23.8 Å². The molecule has 6 heteroatoms. The summed E-state index contributed by atoms with van der Waals surface area (Å²) in [6, 6.07) is 5.51. The Balaban J connectivity index is 1.88. The maximum Gasteiger partial charge on any atom is 0.303 e. The normalized spacial score (nSPS) is 12.7. The standard InChI is InChI=1S/C14H13NO5/c1-8-14(20-12(15-8)4-5-13(16)17)9-2-3-10-11(6-9)19-7-18-10/h2-3,6H,4-5,7H2,1H3,(H,16,17). The second kappa shape index (κ2) is 4.88. The highest BCUT2D eigenvalue weighted by Gasteiger charge is 2.18. The molecule has 0 radical (unpaired) electrons. The van der Waals surface area contributed by atoms with Gasteiger partial charge in [-0.2, -0.15) is 0 Å². The summed E-state index contributed by atoms with van der Waals surface area (Å²) in [5, 5.41) is 8.67. The van der Waals surface area contributed by atoms with Crippen LogP contribution in [0.1, 0.15) is 18.0 Å². The number of carboxylic acid groups (broad SMARTS) is 1. The lowest BCUT2D eigenvalue weighted by Gasteiger charge is -2.00. The first-order chi connectivity index (χ1) is 9.63. The van der Waals surface area contributed by atoms with E-state index in [-0.39, 0.29) is 19.6 Å². The van der Waals surface area contributed by atoms with Gasteiger partial charge >= 0.3 is 5.97 Å². The Morgan fingerprint density at radius 1 is 1.35 bits per heavy atom. The van der Waals surface area contributed by atoms with Crippen LogP contribution in [0.4, 0.5) is 0 Å². The van der Waals surface area contributed by atoms with Crippen molar-refractivity contribution in [3.8, 4) is 22.8 Å². The van der Waals surface area contributed by atoms with E-state index in [2.05, 4.69) is 4.98 Å². The molecule has 0 saturated carbocycles. The number of aryl methyl sites for hydroxylation is 2. The van der Waals surface area contributed by atoms with Crippen LogP contribution in [0, 0.1) is 6.92 Å². The van der Waals surface area contributed by atoms with Gasteiger partial charge in [0.15, 0.2) is 23.1 Å². The van der Waals surface area contributed by atoms with Gasteiger partial charge in [0, 0.05) is 12.0 Å². The van der Waals surface area contributed by atoms with Crippen molar-refractivity contribution in [1.82, 2.24) is 4.98 Å². The third-order valence-corrected chi connectivity index (χ3v) is 3.03. The Hall–Kier alpha value is -2.50. The molecule has 104 valence electrons. The van der Waals surface area contributed by atoms with Crippen LogP contribution >= 0.6 is 0 Å². The first kappa shape index (κ1) is 12.5. The van der Waals surface area contributed by atoms with Gasteiger partial charge in [0.1, 0.15) is 0 Å². The first-order valence-electron chi connectivity index (χ1n) is 6.21. The van der Waals surface area contributed by atoms with E-state index in [1.807, 2.05) is 25.1 Å². The highest BCUT2D eigenvalue weighted by molar-refractivity contribution is 5.67. The van der Waals surface area contributed by atoms with Gasteiger partial charge in [0.05, 0.1) is 12.1 Å². The molecule has 2 aromatic rings. The molecule has 0 spiro atoms. The van der Waals surface area contributed by atoms with Crippen LogP contribution in [-0.4, -0.2) is 22.9 Å². The number of carbonyl (C=O) groups is 1. The Kier molecular flexibility index (Phi) is 3.06. The van der Waals surface area contributed by atoms with E-state index in [4.69, 9.17) is 19.0 Å². The highest BCUT2D eigenvalue weighted by atomic mass is 16.7. The fourth-order valence-electron chi connectivity index (χ4n) is 2.08. The molecule has 0 saturated heterocycles. The summed E-state index contributed by atoms with van der Waals surface area (Å²) in [7, 11) is 0. The monoisotopic (exact) mass is 275 g/mol. The summed E-state index contributed by atoms with van der Waals surface area (Å²) in [5.41, 5.74) is 1.56. The lowest BCUT2D eigenvalue weighted by Crippen LogP contribution is -1.97. The molecule has 1 N–H and O–H groups in total. The van der Waals surface area contributed by atoms with Crippen LogP contribution in [0.2, 0.25) is 0 Å². The summed E-state index contributed by atoms with van der Waals surface area (Å²) in [6.45, 7) is 2.05. The van der Waals surface area contributed by atoms with Gasteiger partial charge in [-0.05, 0) is 25.1 Å². The second-order valence-corrected chi connectivity index (χ2v) is 4.48. The molecule has 1 aliphatic rings. The predicted octanol–water partition coefficient (Wildman–Crippen LogP) is 2.40. The number of rotatable bonds is 4. The quantitative estimate of drug-likeness (QED) is 0.922. The maximum atomic E-state index is 10.6. The summed E-state index contributed by atoms with van der Waals surface area (Å²) in [6.07, 6.45) is 0.279. The number of ether oxygens (including phenoxy) is 2. The van der Waals surface area contributed by atoms with Crippen molar-refractivity contribution >= 4 is 5.97 Å². The summed E-state index contributed by atoms with van der Waals surface area (Å²) >= 11 is 0. The number of hydrogen-bond donors (Lipinski definition) is 1. The smallest absolute Gasteiger partial charge is 0.303 e. The molecule has 2 heterocycles. The third-order valence-electron chi connectivity index (χ3n) is 3.03. The molecule has 20 heavy (non-hydrogen) atoms. The van der Waals surface area contributed by atoms with Crippen LogP contribution in [0.3, 0.4) is 0 Å². The largest absolute Gasteiger partial charge is 0.481 e. The predicted molar refractivity (Wildman–Crippen MR) is 68.8 cm³/mol. The number of carboxylic acids is 1. The minimum atomic E-state index is -0.870. The van der Waals surface area contributed by atoms with Crippen LogP contribution in [0.25, 0.3) is 11.3 Å². The molecule has 0 bridgehead atoms. The van der Waals surface area contributed by atoms with Crippen molar-refractivity contribution in [3.63, 3.8) is 0 Å². The molecule has 6 nitrogen and oxygen atoms in total. The SMILES string of the molecule is Cc1nc(CCC(=O)O)oc1-c1ccc2c(c1)OCO2. The molecule has 1 aromatic carbocycles. The number of hydrogen-bond acceptors (Lipinski definition) is 5. The van der Waals surface area contributed by atoms with Crippen molar-refractivity contribution in [2.45, 2.75) is 19.8 Å². The van der Waals surface area contributed by atoms with Gasteiger partial charge < -0.3 is 19.0 Å². The van der Waals surface area contributed by atoms with Crippen LogP contribution in [0.5, 0.6) is 11.5 Å². The molecule has 1 aliphatic heterocycles. The molecule has 0 fully saturated rings. The van der Waals surface area contributed by atoms with Gasteiger partial charge in [-0.25, -0.2) is 4.98 Å². The minimum Gasteiger partial charge on any atom is -0.481 e. The average molecular weight is 275 g/mol. The number of benzene rings is 1. The second-order valence-electron chi connectivity index (χ2n) is 4.48. The Bertz CT molecular complexity index is 662. The fraction of sp³-hybridized carbons (Fsp3) is 0.286. The van der Waals surface area contributed by atoms with E-state index in [1.165, 1.54) is 0 Å². The van der Waals surface area contributed by atoms with E-state index < -0.39 is 5.97 Å². The van der Waals surface area contributed by atoms with Crippen molar-refractivity contribution in [2.75, 3.05) is 6.79 Å². The zero-order valence-electron chi connectivity index (χ0n) is 10.9. The molecule has 0 unspecified atom stereocenters. The Labute approximate surface area is 115 Å². The van der Waals surface area contributed by atoms with E-state index >= 15 is 0 Å². The Morgan fingerprint density at radius 3 is 2.95 bits per heavy atom. The Morgan fingerprint density at radius 2 is 2.15 bits per heavy atom.